The van der Waals surface area contributed by atoms with Gasteiger partial charge in [0.25, 0.3) is 0 Å². The summed E-state index contributed by atoms with van der Waals surface area (Å²) in [5.41, 5.74) is 1.87. The van der Waals surface area contributed by atoms with Gasteiger partial charge in [0.1, 0.15) is 0 Å². The molecular formula is C13H19NO3S. The molecule has 0 atom stereocenters. The van der Waals surface area contributed by atoms with E-state index in [9.17, 15) is 8.42 Å². The molecule has 0 unspecified atom stereocenters. The van der Waals surface area contributed by atoms with E-state index in [1.807, 2.05) is 31.2 Å². The Balaban J connectivity index is 2.01. The van der Waals surface area contributed by atoms with Crippen LogP contribution in [0.3, 0.4) is 0 Å². The van der Waals surface area contributed by atoms with Gasteiger partial charge in [0.2, 0.25) is 10.0 Å². The molecule has 1 aliphatic rings. The molecule has 1 aliphatic heterocycles. The predicted octanol–water partition coefficient (Wildman–Crippen LogP) is 1.59. The van der Waals surface area contributed by atoms with Crippen molar-refractivity contribution in [2.75, 3.05) is 13.2 Å². The van der Waals surface area contributed by atoms with Crippen molar-refractivity contribution in [2.24, 2.45) is 0 Å². The van der Waals surface area contributed by atoms with Crippen molar-refractivity contribution < 1.29 is 13.2 Å². The highest BCUT2D eigenvalue weighted by Gasteiger charge is 2.21. The third kappa shape index (κ3) is 3.80. The number of hydrogen-bond acceptors (Lipinski definition) is 3. The summed E-state index contributed by atoms with van der Waals surface area (Å²) in [5, 5.41) is 0. The molecule has 0 amide bonds. The Morgan fingerprint density at radius 1 is 1.28 bits per heavy atom. The number of aryl methyl sites for hydroxylation is 1. The molecule has 0 bridgehead atoms. The van der Waals surface area contributed by atoms with Crippen molar-refractivity contribution in [2.45, 2.75) is 31.6 Å². The van der Waals surface area contributed by atoms with E-state index in [1.165, 1.54) is 0 Å². The molecule has 0 aromatic heterocycles. The van der Waals surface area contributed by atoms with Crippen LogP contribution in [0.4, 0.5) is 0 Å². The summed E-state index contributed by atoms with van der Waals surface area (Å²) >= 11 is 0. The fraction of sp³-hybridized carbons (Fsp3) is 0.538. The lowest BCUT2D eigenvalue weighted by Gasteiger charge is -2.23. The van der Waals surface area contributed by atoms with Crippen molar-refractivity contribution in [3.63, 3.8) is 0 Å². The molecule has 1 fully saturated rings. The first-order valence-electron chi connectivity index (χ1n) is 6.19. The molecule has 18 heavy (non-hydrogen) atoms. The fourth-order valence-corrected chi connectivity index (χ4v) is 3.65. The molecule has 5 heteroatoms. The van der Waals surface area contributed by atoms with E-state index >= 15 is 0 Å². The van der Waals surface area contributed by atoms with Gasteiger partial charge in [-0.15, -0.1) is 0 Å². The van der Waals surface area contributed by atoms with Crippen LogP contribution in [0.5, 0.6) is 0 Å². The van der Waals surface area contributed by atoms with Crippen LogP contribution in [0.15, 0.2) is 24.3 Å². The molecule has 1 N–H and O–H groups in total. The summed E-state index contributed by atoms with van der Waals surface area (Å²) in [6.07, 6.45) is 1.51. The lowest BCUT2D eigenvalue weighted by molar-refractivity contribution is 0.0832. The molecule has 1 aromatic rings. The molecule has 1 aromatic carbocycles. The maximum Gasteiger partial charge on any atom is 0.216 e. The average Bonchev–Trinajstić information content (AvgIpc) is 2.32. The molecule has 1 saturated heterocycles. The molecule has 1 heterocycles. The lowest BCUT2D eigenvalue weighted by Crippen LogP contribution is -2.39. The van der Waals surface area contributed by atoms with E-state index in [-0.39, 0.29) is 11.8 Å². The van der Waals surface area contributed by atoms with Gasteiger partial charge in [0, 0.05) is 19.3 Å². The Hall–Kier alpha value is -0.910. The summed E-state index contributed by atoms with van der Waals surface area (Å²) in [6, 6.07) is 7.59. The van der Waals surface area contributed by atoms with E-state index in [0.717, 1.165) is 24.0 Å². The summed E-state index contributed by atoms with van der Waals surface area (Å²) in [6.45, 7) is 3.20. The number of ether oxygens (including phenoxy) is 1. The Morgan fingerprint density at radius 3 is 2.61 bits per heavy atom. The topological polar surface area (TPSA) is 55.4 Å². The summed E-state index contributed by atoms with van der Waals surface area (Å²) in [7, 11) is -3.26. The number of hydrogen-bond donors (Lipinski definition) is 1. The summed E-state index contributed by atoms with van der Waals surface area (Å²) in [5.74, 6) is 0.0526. The molecule has 0 radical (unpaired) electrons. The lowest BCUT2D eigenvalue weighted by atomic mass is 10.1. The Bertz CT molecular complexity index is 493. The van der Waals surface area contributed by atoms with Gasteiger partial charge < -0.3 is 4.74 Å². The predicted molar refractivity (Wildman–Crippen MR) is 70.8 cm³/mol. The number of sulfonamides is 1. The smallest absolute Gasteiger partial charge is 0.216 e. The van der Waals surface area contributed by atoms with Crippen LogP contribution in [0, 0.1) is 6.92 Å². The fourth-order valence-electron chi connectivity index (χ4n) is 2.09. The van der Waals surface area contributed by atoms with Crippen molar-refractivity contribution in [3.05, 3.63) is 35.4 Å². The second-order valence-electron chi connectivity index (χ2n) is 4.69. The zero-order chi connectivity index (χ0) is 13.0. The zero-order valence-corrected chi connectivity index (χ0v) is 11.4. The van der Waals surface area contributed by atoms with Crippen molar-refractivity contribution in [3.8, 4) is 0 Å². The second-order valence-corrected chi connectivity index (χ2v) is 6.44. The highest BCUT2D eigenvalue weighted by Crippen LogP contribution is 2.13. The molecule has 0 saturated carbocycles. The highest BCUT2D eigenvalue weighted by molar-refractivity contribution is 7.88. The monoisotopic (exact) mass is 269 g/mol. The van der Waals surface area contributed by atoms with Gasteiger partial charge in [-0.1, -0.05) is 24.3 Å². The van der Waals surface area contributed by atoms with E-state index in [1.54, 1.807) is 0 Å². The Kier molecular flexibility index (Phi) is 4.37. The maximum atomic E-state index is 12.1. The molecular weight excluding hydrogens is 250 g/mol. The minimum absolute atomic E-state index is 0.0211. The first-order valence-corrected chi connectivity index (χ1v) is 7.84. The normalized spacial score (nSPS) is 17.8. The van der Waals surface area contributed by atoms with Gasteiger partial charge in [-0.25, -0.2) is 13.1 Å². The molecule has 2 rings (SSSR count). The SMILES string of the molecule is Cc1ccccc1CS(=O)(=O)NC1CCOCC1. The average molecular weight is 269 g/mol. The zero-order valence-electron chi connectivity index (χ0n) is 10.6. The maximum absolute atomic E-state index is 12.1. The molecule has 100 valence electrons. The second kappa shape index (κ2) is 5.82. The highest BCUT2D eigenvalue weighted by atomic mass is 32.2. The largest absolute Gasteiger partial charge is 0.381 e. The molecule has 4 nitrogen and oxygen atoms in total. The van der Waals surface area contributed by atoms with Gasteiger partial charge in [-0.2, -0.15) is 0 Å². The van der Waals surface area contributed by atoms with Crippen LogP contribution in [-0.2, 0) is 20.5 Å². The first kappa shape index (κ1) is 13.5. The molecule has 0 aliphatic carbocycles. The first-order chi connectivity index (χ1) is 8.57. The number of benzene rings is 1. The van der Waals surface area contributed by atoms with Crippen molar-refractivity contribution >= 4 is 10.0 Å². The van der Waals surface area contributed by atoms with Crippen LogP contribution in [0.1, 0.15) is 24.0 Å². The summed E-state index contributed by atoms with van der Waals surface area (Å²) in [4.78, 5) is 0. The van der Waals surface area contributed by atoms with E-state index in [4.69, 9.17) is 4.74 Å². The van der Waals surface area contributed by atoms with Crippen molar-refractivity contribution in [1.82, 2.24) is 4.72 Å². The van der Waals surface area contributed by atoms with Crippen LogP contribution in [0.2, 0.25) is 0 Å². The van der Waals surface area contributed by atoms with Crippen LogP contribution in [-0.4, -0.2) is 27.7 Å². The van der Waals surface area contributed by atoms with Gasteiger partial charge in [-0.3, -0.25) is 0 Å². The van der Waals surface area contributed by atoms with Crippen LogP contribution >= 0.6 is 0 Å². The van der Waals surface area contributed by atoms with Gasteiger partial charge in [0.15, 0.2) is 0 Å². The number of nitrogens with one attached hydrogen (secondary N) is 1. The number of rotatable bonds is 4. The van der Waals surface area contributed by atoms with E-state index < -0.39 is 10.0 Å². The Labute approximate surface area is 108 Å². The quantitative estimate of drug-likeness (QED) is 0.903. The van der Waals surface area contributed by atoms with Crippen LogP contribution < -0.4 is 4.72 Å². The standard InChI is InChI=1S/C13H19NO3S/c1-11-4-2-3-5-12(11)10-18(15,16)14-13-6-8-17-9-7-13/h2-5,13-14H,6-10H2,1H3. The molecule has 0 spiro atoms. The third-order valence-electron chi connectivity index (χ3n) is 3.17. The summed E-state index contributed by atoms with van der Waals surface area (Å²) < 4.78 is 32.1. The van der Waals surface area contributed by atoms with Crippen molar-refractivity contribution in [1.29, 1.82) is 0 Å². The van der Waals surface area contributed by atoms with E-state index in [0.29, 0.717) is 13.2 Å². The minimum atomic E-state index is -3.26. The van der Waals surface area contributed by atoms with Gasteiger partial charge >= 0.3 is 0 Å². The van der Waals surface area contributed by atoms with Crippen LogP contribution in [0.25, 0.3) is 0 Å². The minimum Gasteiger partial charge on any atom is -0.381 e. The van der Waals surface area contributed by atoms with E-state index in [2.05, 4.69) is 4.72 Å². The third-order valence-corrected chi connectivity index (χ3v) is 4.56. The Morgan fingerprint density at radius 2 is 1.94 bits per heavy atom. The van der Waals surface area contributed by atoms with Gasteiger partial charge in [-0.05, 0) is 30.9 Å². The van der Waals surface area contributed by atoms with Gasteiger partial charge in [0.05, 0.1) is 5.75 Å².